The molecule has 0 aromatic heterocycles. The summed E-state index contributed by atoms with van der Waals surface area (Å²) in [5.41, 5.74) is 0. The minimum atomic E-state index is -0.860. The minimum absolute atomic E-state index is 0.0162. The number of hydrogen-bond acceptors (Lipinski definition) is 2. The van der Waals surface area contributed by atoms with E-state index in [1.807, 2.05) is 6.92 Å². The number of carboxylic acid groups (broad SMARTS) is 1. The van der Waals surface area contributed by atoms with Gasteiger partial charge in [0.25, 0.3) is 0 Å². The van der Waals surface area contributed by atoms with Gasteiger partial charge in [0.2, 0.25) is 0 Å². The highest BCUT2D eigenvalue weighted by molar-refractivity contribution is 5.66. The van der Waals surface area contributed by atoms with Gasteiger partial charge in [0.15, 0.2) is 0 Å². The van der Waals surface area contributed by atoms with E-state index in [-0.39, 0.29) is 12.1 Å². The molecular formula is C6H11NO3. The summed E-state index contributed by atoms with van der Waals surface area (Å²) >= 11 is 0. The number of ether oxygens (including phenoxy) is 1. The van der Waals surface area contributed by atoms with Crippen molar-refractivity contribution in [2.75, 3.05) is 13.7 Å². The van der Waals surface area contributed by atoms with Crippen LogP contribution in [0.3, 0.4) is 0 Å². The van der Waals surface area contributed by atoms with Crippen LogP contribution in [0.2, 0.25) is 0 Å². The fraction of sp³-hybridized carbons (Fsp3) is 0.833. The number of likely N-dealkylation sites (tertiary alicyclic amines) is 1. The molecule has 1 heterocycles. The lowest BCUT2D eigenvalue weighted by Gasteiger charge is -2.43. The van der Waals surface area contributed by atoms with E-state index in [2.05, 4.69) is 0 Å². The van der Waals surface area contributed by atoms with Crippen LogP contribution in [0.25, 0.3) is 0 Å². The maximum absolute atomic E-state index is 10.3. The first-order valence-electron chi connectivity index (χ1n) is 3.19. The molecular weight excluding hydrogens is 134 g/mol. The van der Waals surface area contributed by atoms with Crippen LogP contribution in [0.1, 0.15) is 6.92 Å². The van der Waals surface area contributed by atoms with Crippen LogP contribution < -0.4 is 0 Å². The van der Waals surface area contributed by atoms with E-state index >= 15 is 0 Å². The van der Waals surface area contributed by atoms with E-state index in [0.29, 0.717) is 6.54 Å². The summed E-state index contributed by atoms with van der Waals surface area (Å²) < 4.78 is 4.97. The topological polar surface area (TPSA) is 49.8 Å². The number of amides is 1. The zero-order chi connectivity index (χ0) is 7.72. The van der Waals surface area contributed by atoms with Crippen LogP contribution in [0, 0.1) is 0 Å². The Morgan fingerprint density at radius 1 is 1.80 bits per heavy atom. The quantitative estimate of drug-likeness (QED) is 0.580. The summed E-state index contributed by atoms with van der Waals surface area (Å²) in [6.07, 6.45) is -0.767. The molecule has 1 rings (SSSR count). The molecule has 1 fully saturated rings. The van der Waals surface area contributed by atoms with Gasteiger partial charge < -0.3 is 14.7 Å². The first-order chi connectivity index (χ1) is 4.66. The lowest BCUT2D eigenvalue weighted by Crippen LogP contribution is -2.60. The van der Waals surface area contributed by atoms with E-state index in [1.165, 1.54) is 4.90 Å². The molecule has 4 heteroatoms. The van der Waals surface area contributed by atoms with Gasteiger partial charge in [-0.25, -0.2) is 4.79 Å². The minimum Gasteiger partial charge on any atom is -0.465 e. The Bertz CT molecular complexity index is 148. The van der Waals surface area contributed by atoms with Crippen molar-refractivity contribution in [2.24, 2.45) is 0 Å². The fourth-order valence-electron chi connectivity index (χ4n) is 1.10. The largest absolute Gasteiger partial charge is 0.465 e. The maximum Gasteiger partial charge on any atom is 0.407 e. The normalized spacial score (nSPS) is 31.6. The van der Waals surface area contributed by atoms with Crippen LogP contribution in [-0.4, -0.2) is 41.9 Å². The Hall–Kier alpha value is -0.770. The van der Waals surface area contributed by atoms with Gasteiger partial charge in [-0.15, -0.1) is 0 Å². The predicted octanol–water partition coefficient (Wildman–Crippen LogP) is 0.384. The molecule has 1 aliphatic rings. The highest BCUT2D eigenvalue weighted by Crippen LogP contribution is 2.19. The van der Waals surface area contributed by atoms with Gasteiger partial charge >= 0.3 is 6.09 Å². The molecule has 1 aliphatic heterocycles. The number of hydrogen-bond donors (Lipinski definition) is 1. The molecule has 58 valence electrons. The molecule has 10 heavy (non-hydrogen) atoms. The molecule has 2 atom stereocenters. The van der Waals surface area contributed by atoms with Crippen LogP contribution in [0.15, 0.2) is 0 Å². The van der Waals surface area contributed by atoms with Crippen molar-refractivity contribution in [1.82, 2.24) is 4.90 Å². The lowest BCUT2D eigenvalue weighted by atomic mass is 10.0. The van der Waals surface area contributed by atoms with Crippen molar-refractivity contribution in [1.29, 1.82) is 0 Å². The Morgan fingerprint density at radius 3 is 2.70 bits per heavy atom. The number of nitrogens with zero attached hydrogens (tertiary/aromatic N) is 1. The number of rotatable bonds is 1. The van der Waals surface area contributed by atoms with Gasteiger partial charge in [-0.05, 0) is 6.92 Å². The van der Waals surface area contributed by atoms with E-state index in [1.54, 1.807) is 7.11 Å². The zero-order valence-electron chi connectivity index (χ0n) is 6.07. The van der Waals surface area contributed by atoms with Crippen molar-refractivity contribution < 1.29 is 14.6 Å². The van der Waals surface area contributed by atoms with E-state index in [4.69, 9.17) is 9.84 Å². The molecule has 0 spiro atoms. The molecule has 1 N–H and O–H groups in total. The van der Waals surface area contributed by atoms with Crippen molar-refractivity contribution >= 4 is 6.09 Å². The first-order valence-corrected chi connectivity index (χ1v) is 3.19. The SMILES string of the molecule is COC1CN(C(=O)O)C1C. The van der Waals surface area contributed by atoms with E-state index in [0.717, 1.165) is 0 Å². The molecule has 2 unspecified atom stereocenters. The van der Waals surface area contributed by atoms with Crippen molar-refractivity contribution in [3.8, 4) is 0 Å². The summed E-state index contributed by atoms with van der Waals surface area (Å²) in [7, 11) is 1.60. The third-order valence-electron chi connectivity index (χ3n) is 1.95. The molecule has 0 aliphatic carbocycles. The molecule has 0 bridgehead atoms. The second-order valence-electron chi connectivity index (χ2n) is 2.45. The second-order valence-corrected chi connectivity index (χ2v) is 2.45. The first kappa shape index (κ1) is 7.34. The van der Waals surface area contributed by atoms with Crippen molar-refractivity contribution in [3.63, 3.8) is 0 Å². The standard InChI is InChI=1S/C6H11NO3/c1-4-5(10-2)3-7(4)6(8)9/h4-5H,3H2,1-2H3,(H,8,9). The average molecular weight is 145 g/mol. The number of methoxy groups -OCH3 is 1. The molecule has 0 saturated carbocycles. The summed E-state index contributed by atoms with van der Waals surface area (Å²) in [5, 5.41) is 8.49. The van der Waals surface area contributed by atoms with Gasteiger partial charge in [-0.1, -0.05) is 0 Å². The van der Waals surface area contributed by atoms with Crippen LogP contribution in [-0.2, 0) is 4.74 Å². The highest BCUT2D eigenvalue weighted by Gasteiger charge is 2.38. The van der Waals surface area contributed by atoms with Gasteiger partial charge in [-0.3, -0.25) is 0 Å². The van der Waals surface area contributed by atoms with Crippen LogP contribution in [0.5, 0.6) is 0 Å². The molecule has 4 nitrogen and oxygen atoms in total. The van der Waals surface area contributed by atoms with E-state index in [9.17, 15) is 4.79 Å². The van der Waals surface area contributed by atoms with Crippen LogP contribution in [0.4, 0.5) is 4.79 Å². The van der Waals surface area contributed by atoms with Gasteiger partial charge in [0.05, 0.1) is 18.7 Å². The molecule has 1 amide bonds. The maximum atomic E-state index is 10.3. The smallest absolute Gasteiger partial charge is 0.407 e. The fourth-order valence-corrected chi connectivity index (χ4v) is 1.10. The van der Waals surface area contributed by atoms with Gasteiger partial charge in [0, 0.05) is 7.11 Å². The zero-order valence-corrected chi connectivity index (χ0v) is 6.07. The van der Waals surface area contributed by atoms with E-state index < -0.39 is 6.09 Å². The Balaban J connectivity index is 2.39. The molecule has 1 saturated heterocycles. The Morgan fingerprint density at radius 2 is 2.40 bits per heavy atom. The predicted molar refractivity (Wildman–Crippen MR) is 35.0 cm³/mol. The molecule has 0 aromatic carbocycles. The van der Waals surface area contributed by atoms with Gasteiger partial charge in [-0.2, -0.15) is 0 Å². The highest BCUT2D eigenvalue weighted by atomic mass is 16.5. The average Bonchev–Trinajstić information content (AvgIpc) is 1.85. The summed E-state index contributed by atoms with van der Waals surface area (Å²) in [5.74, 6) is 0. The van der Waals surface area contributed by atoms with Crippen molar-refractivity contribution in [2.45, 2.75) is 19.1 Å². The van der Waals surface area contributed by atoms with Crippen LogP contribution >= 0.6 is 0 Å². The third-order valence-corrected chi connectivity index (χ3v) is 1.95. The third kappa shape index (κ3) is 0.945. The summed E-state index contributed by atoms with van der Waals surface area (Å²) in [4.78, 5) is 11.7. The Labute approximate surface area is 59.4 Å². The summed E-state index contributed by atoms with van der Waals surface area (Å²) in [6.45, 7) is 2.35. The Kier molecular flexibility index (Phi) is 1.80. The number of carbonyl (C=O) groups is 1. The van der Waals surface area contributed by atoms with Crippen molar-refractivity contribution in [3.05, 3.63) is 0 Å². The second kappa shape index (κ2) is 2.46. The summed E-state index contributed by atoms with van der Waals surface area (Å²) in [6, 6.07) is 0.0162. The lowest BCUT2D eigenvalue weighted by molar-refractivity contribution is -0.0622. The molecule has 0 radical (unpaired) electrons. The van der Waals surface area contributed by atoms with Gasteiger partial charge in [0.1, 0.15) is 0 Å². The monoisotopic (exact) mass is 145 g/mol. The molecule has 0 aromatic rings.